The summed E-state index contributed by atoms with van der Waals surface area (Å²) in [5, 5.41) is 0.495. The van der Waals surface area contributed by atoms with E-state index in [1.165, 1.54) is 12.5 Å². The maximum absolute atomic E-state index is 11.4. The molecule has 0 atom stereocenters. The second kappa shape index (κ2) is 2.78. The molecule has 0 aliphatic carbocycles. The SMILES string of the molecule is CSC1=c2cncnc2=NS1(=O)=O. The Labute approximate surface area is 78.7 Å². The van der Waals surface area contributed by atoms with Crippen LogP contribution in [0.5, 0.6) is 0 Å². The number of hydrogen-bond donors (Lipinski definition) is 0. The number of rotatable bonds is 1. The van der Waals surface area contributed by atoms with E-state index < -0.39 is 10.0 Å². The predicted octanol–water partition coefficient (Wildman–Crippen LogP) is -1.13. The minimum Gasteiger partial charge on any atom is -0.244 e. The number of sulfonamides is 1. The van der Waals surface area contributed by atoms with Gasteiger partial charge in [-0.25, -0.2) is 9.97 Å². The lowest BCUT2D eigenvalue weighted by molar-refractivity contribution is 0.608. The summed E-state index contributed by atoms with van der Waals surface area (Å²) < 4.78 is 26.4. The zero-order valence-electron chi connectivity index (χ0n) is 6.63. The molecule has 0 N–H and O–H groups in total. The van der Waals surface area contributed by atoms with Crippen LogP contribution in [0.2, 0.25) is 0 Å². The Morgan fingerprint density at radius 3 is 2.92 bits per heavy atom. The van der Waals surface area contributed by atoms with E-state index in [9.17, 15) is 8.42 Å². The Kier molecular flexibility index (Phi) is 1.85. The van der Waals surface area contributed by atoms with Gasteiger partial charge in [0.1, 0.15) is 10.6 Å². The Hall–Kier alpha value is -0.950. The average Bonchev–Trinajstić information content (AvgIpc) is 2.33. The molecule has 0 saturated carbocycles. The minimum absolute atomic E-state index is 0.225. The van der Waals surface area contributed by atoms with Gasteiger partial charge in [0.15, 0.2) is 5.49 Å². The summed E-state index contributed by atoms with van der Waals surface area (Å²) in [6.45, 7) is 0. The van der Waals surface area contributed by atoms with Crippen LogP contribution < -0.4 is 10.7 Å². The van der Waals surface area contributed by atoms with E-state index in [-0.39, 0.29) is 9.72 Å². The highest BCUT2D eigenvalue weighted by Crippen LogP contribution is 2.21. The molecular formula is C6H5N3O2S2. The molecule has 0 amide bonds. The molecule has 13 heavy (non-hydrogen) atoms. The van der Waals surface area contributed by atoms with Crippen molar-refractivity contribution in [2.24, 2.45) is 4.40 Å². The third-order valence-corrected chi connectivity index (χ3v) is 4.36. The first kappa shape index (κ1) is 8.64. The van der Waals surface area contributed by atoms with Gasteiger partial charge in [0.25, 0.3) is 10.0 Å². The molecule has 1 aliphatic rings. The van der Waals surface area contributed by atoms with Crippen LogP contribution >= 0.6 is 11.8 Å². The number of thioether (sulfide) groups is 1. The summed E-state index contributed by atoms with van der Waals surface area (Å²) in [7, 11) is -3.49. The highest BCUT2D eigenvalue weighted by atomic mass is 32.3. The van der Waals surface area contributed by atoms with Crippen LogP contribution in [-0.4, -0.2) is 24.6 Å². The van der Waals surface area contributed by atoms with Crippen molar-refractivity contribution in [2.75, 3.05) is 6.26 Å². The van der Waals surface area contributed by atoms with Crippen molar-refractivity contribution in [1.82, 2.24) is 9.97 Å². The summed E-state index contributed by atoms with van der Waals surface area (Å²) in [5.41, 5.74) is 0.236. The Balaban J connectivity index is 3.01. The molecule has 0 spiro atoms. The third-order valence-electron chi connectivity index (χ3n) is 1.54. The number of nitrogens with zero attached hydrogens (tertiary/aromatic N) is 3. The Bertz CT molecular complexity index is 564. The Morgan fingerprint density at radius 1 is 1.46 bits per heavy atom. The number of fused-ring (bicyclic) bond motifs is 1. The number of aromatic nitrogens is 2. The normalized spacial score (nSPS) is 18.1. The molecule has 5 nitrogen and oxygen atoms in total. The molecule has 0 aromatic carbocycles. The van der Waals surface area contributed by atoms with Crippen LogP contribution in [0.4, 0.5) is 0 Å². The van der Waals surface area contributed by atoms with Gasteiger partial charge in [0, 0.05) is 6.20 Å². The summed E-state index contributed by atoms with van der Waals surface area (Å²) >= 11 is 1.14. The first-order valence-corrected chi connectivity index (χ1v) is 6.01. The van der Waals surface area contributed by atoms with E-state index in [2.05, 4.69) is 14.4 Å². The lowest BCUT2D eigenvalue weighted by Crippen LogP contribution is -2.26. The van der Waals surface area contributed by atoms with Crippen molar-refractivity contribution in [3.63, 3.8) is 0 Å². The van der Waals surface area contributed by atoms with E-state index in [0.717, 1.165) is 11.8 Å². The fourth-order valence-electron chi connectivity index (χ4n) is 1.05. The van der Waals surface area contributed by atoms with Crippen LogP contribution in [0.3, 0.4) is 0 Å². The number of hydrogen-bond acceptors (Lipinski definition) is 5. The molecule has 2 rings (SSSR count). The summed E-state index contributed by atoms with van der Waals surface area (Å²) in [4.78, 5) is 7.51. The third kappa shape index (κ3) is 1.24. The van der Waals surface area contributed by atoms with Gasteiger partial charge in [-0.05, 0) is 6.26 Å². The summed E-state index contributed by atoms with van der Waals surface area (Å²) in [5.74, 6) is 0. The van der Waals surface area contributed by atoms with Crippen molar-refractivity contribution >= 4 is 26.0 Å². The van der Waals surface area contributed by atoms with Gasteiger partial charge in [0.2, 0.25) is 0 Å². The molecule has 1 aromatic rings. The molecule has 0 saturated heterocycles. The highest BCUT2D eigenvalue weighted by molar-refractivity contribution is 8.25. The standard InChI is InChI=1S/C6H5N3O2S2/c1-12-6-4-2-7-3-8-5(4)9-13(6,10)11/h2-3H,1H3. The van der Waals surface area contributed by atoms with E-state index in [4.69, 9.17) is 0 Å². The lowest BCUT2D eigenvalue weighted by Gasteiger charge is -1.92. The molecule has 0 bridgehead atoms. The van der Waals surface area contributed by atoms with Crippen molar-refractivity contribution < 1.29 is 8.42 Å². The van der Waals surface area contributed by atoms with Crippen LogP contribution in [-0.2, 0) is 10.0 Å². The van der Waals surface area contributed by atoms with Crippen molar-refractivity contribution in [2.45, 2.75) is 0 Å². The van der Waals surface area contributed by atoms with Gasteiger partial charge < -0.3 is 0 Å². The molecule has 68 valence electrons. The maximum Gasteiger partial charge on any atom is 0.291 e. The molecule has 1 aromatic heterocycles. The van der Waals surface area contributed by atoms with Crippen molar-refractivity contribution in [3.8, 4) is 0 Å². The maximum atomic E-state index is 11.4. The zero-order valence-corrected chi connectivity index (χ0v) is 8.26. The molecule has 1 aliphatic heterocycles. The summed E-state index contributed by atoms with van der Waals surface area (Å²) in [6.07, 6.45) is 4.42. The Morgan fingerprint density at radius 2 is 2.23 bits per heavy atom. The monoisotopic (exact) mass is 215 g/mol. The van der Waals surface area contributed by atoms with Crippen LogP contribution in [0, 0.1) is 0 Å². The fourth-order valence-corrected chi connectivity index (χ4v) is 3.25. The van der Waals surface area contributed by atoms with Crippen LogP contribution in [0.1, 0.15) is 0 Å². The fraction of sp³-hybridized carbons (Fsp3) is 0.167. The van der Waals surface area contributed by atoms with Gasteiger partial charge in [0.05, 0.1) is 5.22 Å². The second-order valence-electron chi connectivity index (χ2n) is 2.32. The quantitative estimate of drug-likeness (QED) is 0.592. The largest absolute Gasteiger partial charge is 0.291 e. The molecule has 7 heteroatoms. The van der Waals surface area contributed by atoms with Crippen LogP contribution in [0.25, 0.3) is 4.24 Å². The van der Waals surface area contributed by atoms with Gasteiger partial charge in [-0.2, -0.15) is 8.42 Å². The first-order valence-electron chi connectivity index (χ1n) is 3.34. The first-order chi connectivity index (χ1) is 6.15. The predicted molar refractivity (Wildman–Crippen MR) is 48.7 cm³/mol. The van der Waals surface area contributed by atoms with E-state index in [0.29, 0.717) is 5.22 Å². The average molecular weight is 215 g/mol. The summed E-state index contributed by atoms with van der Waals surface area (Å²) in [6, 6.07) is 0. The molecular weight excluding hydrogens is 210 g/mol. The molecule has 0 fully saturated rings. The van der Waals surface area contributed by atoms with E-state index in [1.54, 1.807) is 6.26 Å². The van der Waals surface area contributed by atoms with Crippen molar-refractivity contribution in [1.29, 1.82) is 0 Å². The van der Waals surface area contributed by atoms with Crippen LogP contribution in [0.15, 0.2) is 16.9 Å². The topological polar surface area (TPSA) is 72.3 Å². The molecule has 0 radical (unpaired) electrons. The minimum atomic E-state index is -3.49. The molecule has 2 heterocycles. The van der Waals surface area contributed by atoms with Crippen molar-refractivity contribution in [3.05, 3.63) is 23.2 Å². The zero-order chi connectivity index (χ0) is 9.47. The van der Waals surface area contributed by atoms with E-state index in [1.807, 2.05) is 0 Å². The molecule has 0 unspecified atom stereocenters. The lowest BCUT2D eigenvalue weighted by atomic mass is 10.5. The second-order valence-corrected chi connectivity index (χ2v) is 4.93. The van der Waals surface area contributed by atoms with E-state index >= 15 is 0 Å². The van der Waals surface area contributed by atoms with Gasteiger partial charge >= 0.3 is 0 Å². The van der Waals surface area contributed by atoms with Gasteiger partial charge in [-0.3, -0.25) is 0 Å². The smallest absolute Gasteiger partial charge is 0.244 e. The highest BCUT2D eigenvalue weighted by Gasteiger charge is 2.22. The van der Waals surface area contributed by atoms with Gasteiger partial charge in [-0.1, -0.05) is 0 Å². The van der Waals surface area contributed by atoms with Gasteiger partial charge in [-0.15, -0.1) is 16.2 Å².